The van der Waals surface area contributed by atoms with Crippen LogP contribution in [0, 0.1) is 0 Å². The van der Waals surface area contributed by atoms with Crippen molar-refractivity contribution < 1.29 is 0 Å². The van der Waals surface area contributed by atoms with Gasteiger partial charge >= 0.3 is 0 Å². The predicted molar refractivity (Wildman–Crippen MR) is 45.4 cm³/mol. The van der Waals surface area contributed by atoms with E-state index in [1.807, 2.05) is 0 Å². The highest BCUT2D eigenvalue weighted by molar-refractivity contribution is 5.29. The van der Waals surface area contributed by atoms with Crippen LogP contribution in [0.4, 0.5) is 0 Å². The molecule has 0 saturated heterocycles. The minimum Gasteiger partial charge on any atom is -0.234 e. The van der Waals surface area contributed by atoms with Gasteiger partial charge in [0.2, 0.25) is 0 Å². The van der Waals surface area contributed by atoms with Crippen molar-refractivity contribution in [2.24, 2.45) is 0 Å². The summed E-state index contributed by atoms with van der Waals surface area (Å²) in [6, 6.07) is 9.09. The Morgan fingerprint density at radius 2 is 2.00 bits per heavy atom. The number of hydrogen-bond donors (Lipinski definition) is 0. The monoisotopic (exact) mass is 146 g/mol. The molecule has 1 heteroatoms. The fraction of sp³-hybridized carbons (Fsp3) is 0.400. The number of hydrogen-bond acceptors (Lipinski definition) is 0. The maximum absolute atomic E-state index is 4.47. The molecule has 1 aliphatic rings. The molecular formula is C10H12N. The lowest BCUT2D eigenvalue weighted by atomic mass is 9.97. The van der Waals surface area contributed by atoms with E-state index in [1.165, 1.54) is 11.1 Å². The summed E-state index contributed by atoms with van der Waals surface area (Å²) >= 11 is 0. The van der Waals surface area contributed by atoms with Crippen LogP contribution < -0.4 is 5.32 Å². The lowest BCUT2D eigenvalue weighted by molar-refractivity contribution is 0.502. The van der Waals surface area contributed by atoms with Crippen molar-refractivity contribution in [2.75, 3.05) is 0 Å². The van der Waals surface area contributed by atoms with Gasteiger partial charge in [-0.3, -0.25) is 0 Å². The van der Waals surface area contributed by atoms with Gasteiger partial charge in [0.05, 0.1) is 0 Å². The molecule has 11 heavy (non-hydrogen) atoms. The van der Waals surface area contributed by atoms with Crippen molar-refractivity contribution in [3.63, 3.8) is 0 Å². The Bertz CT molecular complexity index is 255. The molecule has 1 aliphatic heterocycles. The second kappa shape index (κ2) is 2.67. The van der Waals surface area contributed by atoms with E-state index in [1.54, 1.807) is 0 Å². The fourth-order valence-corrected chi connectivity index (χ4v) is 1.55. The summed E-state index contributed by atoms with van der Waals surface area (Å²) in [4.78, 5) is 0. The van der Waals surface area contributed by atoms with Crippen LogP contribution in [0.3, 0.4) is 0 Å². The summed E-state index contributed by atoms with van der Waals surface area (Å²) in [6.45, 7) is 3.09. The predicted octanol–water partition coefficient (Wildman–Crippen LogP) is 1.74. The molecule has 1 heterocycles. The van der Waals surface area contributed by atoms with Gasteiger partial charge in [0, 0.05) is 12.6 Å². The van der Waals surface area contributed by atoms with E-state index in [9.17, 15) is 0 Å². The normalized spacial score (nSPS) is 22.8. The van der Waals surface area contributed by atoms with Gasteiger partial charge in [-0.25, -0.2) is 5.32 Å². The lowest BCUT2D eigenvalue weighted by Crippen LogP contribution is -2.26. The molecule has 0 aromatic heterocycles. The van der Waals surface area contributed by atoms with Crippen molar-refractivity contribution >= 4 is 0 Å². The van der Waals surface area contributed by atoms with Gasteiger partial charge in [0.15, 0.2) is 0 Å². The molecule has 1 radical (unpaired) electrons. The molecule has 0 amide bonds. The van der Waals surface area contributed by atoms with Crippen molar-refractivity contribution in [1.29, 1.82) is 0 Å². The largest absolute Gasteiger partial charge is 0.234 e. The third-order valence-electron chi connectivity index (χ3n) is 2.21. The van der Waals surface area contributed by atoms with E-state index in [0.29, 0.717) is 6.04 Å². The summed E-state index contributed by atoms with van der Waals surface area (Å²) < 4.78 is 0. The van der Waals surface area contributed by atoms with Gasteiger partial charge in [-0.15, -0.1) is 0 Å². The summed E-state index contributed by atoms with van der Waals surface area (Å²) in [5, 5.41) is 4.47. The van der Waals surface area contributed by atoms with Crippen LogP contribution in [0.25, 0.3) is 0 Å². The highest BCUT2D eigenvalue weighted by Crippen LogP contribution is 2.16. The molecule has 0 bridgehead atoms. The van der Waals surface area contributed by atoms with Gasteiger partial charge in [0.1, 0.15) is 0 Å². The summed E-state index contributed by atoms with van der Waals surface area (Å²) in [5.41, 5.74) is 2.89. The highest BCUT2D eigenvalue weighted by Gasteiger charge is 2.13. The van der Waals surface area contributed by atoms with Crippen molar-refractivity contribution in [3.8, 4) is 0 Å². The average molecular weight is 146 g/mol. The van der Waals surface area contributed by atoms with E-state index in [2.05, 4.69) is 36.5 Å². The Morgan fingerprint density at radius 1 is 1.27 bits per heavy atom. The first-order valence-corrected chi connectivity index (χ1v) is 4.09. The van der Waals surface area contributed by atoms with E-state index in [0.717, 1.165) is 13.0 Å². The Labute approximate surface area is 67.4 Å². The number of benzene rings is 1. The van der Waals surface area contributed by atoms with E-state index in [4.69, 9.17) is 0 Å². The maximum atomic E-state index is 4.47. The molecule has 1 aromatic rings. The minimum absolute atomic E-state index is 0.518. The molecule has 0 spiro atoms. The van der Waals surface area contributed by atoms with Gasteiger partial charge in [-0.2, -0.15) is 0 Å². The Balaban J connectivity index is 2.34. The van der Waals surface area contributed by atoms with Crippen LogP contribution >= 0.6 is 0 Å². The number of rotatable bonds is 0. The molecule has 1 unspecified atom stereocenters. The molecule has 0 N–H and O–H groups in total. The topological polar surface area (TPSA) is 14.1 Å². The molecule has 2 rings (SSSR count). The summed E-state index contributed by atoms with van der Waals surface area (Å²) in [5.74, 6) is 0. The molecular weight excluding hydrogens is 134 g/mol. The molecule has 0 aliphatic carbocycles. The van der Waals surface area contributed by atoms with E-state index >= 15 is 0 Å². The molecule has 0 fully saturated rings. The van der Waals surface area contributed by atoms with Crippen LogP contribution in [-0.4, -0.2) is 6.04 Å². The zero-order valence-corrected chi connectivity index (χ0v) is 6.75. The number of fused-ring (bicyclic) bond motifs is 1. The third-order valence-corrected chi connectivity index (χ3v) is 2.21. The van der Waals surface area contributed by atoms with Crippen molar-refractivity contribution in [2.45, 2.75) is 25.9 Å². The maximum Gasteiger partial charge on any atom is 0.0390 e. The first kappa shape index (κ1) is 6.86. The van der Waals surface area contributed by atoms with Crippen molar-refractivity contribution in [1.82, 2.24) is 5.32 Å². The second-order valence-electron chi connectivity index (χ2n) is 3.16. The third kappa shape index (κ3) is 1.29. The fourth-order valence-electron chi connectivity index (χ4n) is 1.55. The SMILES string of the molecule is CC1Cc2ccccc2C[N]1. The van der Waals surface area contributed by atoms with Crippen LogP contribution in [0.2, 0.25) is 0 Å². The van der Waals surface area contributed by atoms with Crippen LogP contribution in [0.1, 0.15) is 18.1 Å². The molecule has 1 nitrogen and oxygen atoms in total. The summed E-state index contributed by atoms with van der Waals surface area (Å²) in [7, 11) is 0. The zero-order valence-electron chi connectivity index (χ0n) is 6.75. The standard InChI is InChI=1S/C10H12N/c1-8-6-9-4-2-3-5-10(9)7-11-8/h2-5,8H,6-7H2,1H3. The Hall–Kier alpha value is -0.820. The molecule has 1 atom stereocenters. The first-order valence-electron chi connectivity index (χ1n) is 4.09. The van der Waals surface area contributed by atoms with Gasteiger partial charge in [0.25, 0.3) is 0 Å². The van der Waals surface area contributed by atoms with Crippen LogP contribution in [0.5, 0.6) is 0 Å². The van der Waals surface area contributed by atoms with Crippen molar-refractivity contribution in [3.05, 3.63) is 35.4 Å². The lowest BCUT2D eigenvalue weighted by Gasteiger charge is -2.20. The van der Waals surface area contributed by atoms with Gasteiger partial charge < -0.3 is 0 Å². The minimum atomic E-state index is 0.518. The average Bonchev–Trinajstić information content (AvgIpc) is 2.04. The zero-order chi connectivity index (χ0) is 7.68. The second-order valence-corrected chi connectivity index (χ2v) is 3.16. The van der Waals surface area contributed by atoms with Crippen LogP contribution in [0.15, 0.2) is 24.3 Å². The molecule has 0 saturated carbocycles. The number of nitrogens with zero attached hydrogens (tertiary/aromatic N) is 1. The van der Waals surface area contributed by atoms with Gasteiger partial charge in [-0.1, -0.05) is 24.3 Å². The quantitative estimate of drug-likeness (QED) is 0.529. The first-order chi connectivity index (χ1) is 5.36. The smallest absolute Gasteiger partial charge is 0.0390 e. The van der Waals surface area contributed by atoms with E-state index < -0.39 is 0 Å². The van der Waals surface area contributed by atoms with E-state index in [-0.39, 0.29) is 0 Å². The highest BCUT2D eigenvalue weighted by atomic mass is 14.9. The summed E-state index contributed by atoms with van der Waals surface area (Å²) in [6.07, 6.45) is 1.12. The Kier molecular flexibility index (Phi) is 1.66. The molecule has 1 aromatic carbocycles. The Morgan fingerprint density at radius 3 is 2.82 bits per heavy atom. The van der Waals surface area contributed by atoms with Crippen LogP contribution in [-0.2, 0) is 13.0 Å². The van der Waals surface area contributed by atoms with Gasteiger partial charge in [-0.05, 0) is 24.5 Å². The molecule has 57 valence electrons.